The second-order valence-electron chi connectivity index (χ2n) is 5.00. The van der Waals surface area contributed by atoms with Crippen molar-refractivity contribution in [3.63, 3.8) is 0 Å². The highest BCUT2D eigenvalue weighted by Crippen LogP contribution is 2.12. The van der Waals surface area contributed by atoms with E-state index in [-0.39, 0.29) is 0 Å². The number of rotatable bonds is 11. The van der Waals surface area contributed by atoms with E-state index in [9.17, 15) is 4.79 Å². The molecule has 0 aliphatic carbocycles. The zero-order chi connectivity index (χ0) is 14.5. The number of carbonyl (C=O) groups excluding carboxylic acids is 1. The molecular weight excluding hydrogens is 248 g/mol. The molecule has 0 amide bonds. The second kappa shape index (κ2) is 11.3. The number of benzene rings is 1. The lowest BCUT2D eigenvalue weighted by Gasteiger charge is -2.05. The maximum atomic E-state index is 10.6. The van der Waals surface area contributed by atoms with Gasteiger partial charge in [0.25, 0.3) is 0 Å². The van der Waals surface area contributed by atoms with E-state index in [1.807, 2.05) is 12.1 Å². The van der Waals surface area contributed by atoms with Gasteiger partial charge in [0.2, 0.25) is 0 Å². The first-order valence-corrected chi connectivity index (χ1v) is 7.70. The molecule has 1 aromatic rings. The lowest BCUT2D eigenvalue weighted by molar-refractivity contribution is 0.112. The molecule has 0 aliphatic rings. The summed E-state index contributed by atoms with van der Waals surface area (Å²) >= 11 is 0. The van der Waals surface area contributed by atoms with Crippen molar-refractivity contribution in [1.29, 1.82) is 0 Å². The Bertz CT molecular complexity index is 396. The Morgan fingerprint density at radius 2 is 1.85 bits per heavy atom. The molecule has 1 rings (SSSR count). The van der Waals surface area contributed by atoms with Gasteiger partial charge in [0.1, 0.15) is 12.0 Å². The van der Waals surface area contributed by atoms with Crippen LogP contribution in [0.25, 0.3) is 0 Å². The average molecular weight is 274 g/mol. The van der Waals surface area contributed by atoms with Crippen LogP contribution in [0.15, 0.2) is 36.4 Å². The Hall–Kier alpha value is -1.57. The Morgan fingerprint density at radius 3 is 2.60 bits per heavy atom. The first-order chi connectivity index (χ1) is 9.86. The number of unbranched alkanes of at least 4 members (excludes halogenated alkanes) is 5. The van der Waals surface area contributed by atoms with Crippen LogP contribution in [0.1, 0.15) is 62.2 Å². The monoisotopic (exact) mass is 274 g/mol. The molecule has 1 aromatic carbocycles. The zero-order valence-corrected chi connectivity index (χ0v) is 12.5. The van der Waals surface area contributed by atoms with Crippen LogP contribution in [-0.2, 0) is 0 Å². The van der Waals surface area contributed by atoms with Crippen molar-refractivity contribution in [3.8, 4) is 5.75 Å². The van der Waals surface area contributed by atoms with Gasteiger partial charge in [0.05, 0.1) is 6.61 Å². The van der Waals surface area contributed by atoms with Gasteiger partial charge in [-0.2, -0.15) is 0 Å². The van der Waals surface area contributed by atoms with E-state index in [1.165, 1.54) is 32.1 Å². The molecule has 20 heavy (non-hydrogen) atoms. The van der Waals surface area contributed by atoms with E-state index < -0.39 is 0 Å². The standard InChI is InChI=1S/C18H26O2/c1-2-3-4-5-6-7-8-9-10-14-20-18-13-11-12-17(15-18)16-19/h7-8,11-13,15-16H,2-6,9-10,14H2,1H3. The lowest BCUT2D eigenvalue weighted by atomic mass is 10.1. The molecule has 0 saturated heterocycles. The molecule has 0 aliphatic heterocycles. The van der Waals surface area contributed by atoms with Crippen molar-refractivity contribution in [1.82, 2.24) is 0 Å². The molecule has 0 heterocycles. The van der Waals surface area contributed by atoms with Gasteiger partial charge in [0.15, 0.2) is 0 Å². The summed E-state index contributed by atoms with van der Waals surface area (Å²) in [6.07, 6.45) is 13.9. The number of allylic oxidation sites excluding steroid dienone is 2. The summed E-state index contributed by atoms with van der Waals surface area (Å²) in [4.78, 5) is 10.6. The molecule has 2 heteroatoms. The molecule has 0 unspecified atom stereocenters. The number of hydrogen-bond donors (Lipinski definition) is 0. The number of carbonyl (C=O) groups is 1. The molecule has 0 radical (unpaired) electrons. The van der Waals surface area contributed by atoms with Crippen LogP contribution < -0.4 is 4.74 Å². The Kier molecular flexibility index (Phi) is 9.29. The van der Waals surface area contributed by atoms with E-state index >= 15 is 0 Å². The summed E-state index contributed by atoms with van der Waals surface area (Å²) in [5, 5.41) is 0. The molecular formula is C18H26O2. The first kappa shape index (κ1) is 16.5. The molecule has 0 bridgehead atoms. The highest BCUT2D eigenvalue weighted by Gasteiger charge is 1.95. The number of hydrogen-bond acceptors (Lipinski definition) is 2. The highest BCUT2D eigenvalue weighted by molar-refractivity contribution is 5.75. The van der Waals surface area contributed by atoms with E-state index in [1.54, 1.807) is 12.1 Å². The van der Waals surface area contributed by atoms with E-state index in [0.29, 0.717) is 12.2 Å². The Balaban J connectivity index is 2.04. The maximum Gasteiger partial charge on any atom is 0.150 e. The fraction of sp³-hybridized carbons (Fsp3) is 0.500. The third kappa shape index (κ3) is 7.78. The van der Waals surface area contributed by atoms with Crippen molar-refractivity contribution in [2.45, 2.75) is 51.9 Å². The minimum atomic E-state index is 0.662. The third-order valence-corrected chi connectivity index (χ3v) is 3.17. The topological polar surface area (TPSA) is 26.3 Å². The van der Waals surface area contributed by atoms with Crippen molar-refractivity contribution < 1.29 is 9.53 Å². The molecule has 0 atom stereocenters. The Morgan fingerprint density at radius 1 is 1.05 bits per heavy atom. The zero-order valence-electron chi connectivity index (χ0n) is 12.5. The highest BCUT2D eigenvalue weighted by atomic mass is 16.5. The summed E-state index contributed by atoms with van der Waals surface area (Å²) in [5.41, 5.74) is 0.662. The van der Waals surface area contributed by atoms with Crippen LogP contribution in [0.2, 0.25) is 0 Å². The normalized spacial score (nSPS) is 10.8. The quantitative estimate of drug-likeness (QED) is 0.315. The van der Waals surface area contributed by atoms with Crippen LogP contribution in [0, 0.1) is 0 Å². The predicted molar refractivity (Wildman–Crippen MR) is 84.5 cm³/mol. The van der Waals surface area contributed by atoms with Gasteiger partial charge in [0, 0.05) is 5.56 Å². The number of ether oxygens (including phenoxy) is 1. The van der Waals surface area contributed by atoms with Crippen molar-refractivity contribution in [2.75, 3.05) is 6.61 Å². The summed E-state index contributed by atoms with van der Waals surface area (Å²) in [5.74, 6) is 0.776. The molecule has 0 N–H and O–H groups in total. The fourth-order valence-corrected chi connectivity index (χ4v) is 1.99. The van der Waals surface area contributed by atoms with Crippen molar-refractivity contribution in [3.05, 3.63) is 42.0 Å². The molecule has 0 spiro atoms. The van der Waals surface area contributed by atoms with E-state index in [4.69, 9.17) is 4.74 Å². The fourth-order valence-electron chi connectivity index (χ4n) is 1.99. The minimum absolute atomic E-state index is 0.662. The van der Waals surface area contributed by atoms with E-state index in [2.05, 4.69) is 19.1 Å². The van der Waals surface area contributed by atoms with Gasteiger partial charge < -0.3 is 4.74 Å². The summed E-state index contributed by atoms with van der Waals surface area (Å²) < 4.78 is 5.62. The van der Waals surface area contributed by atoms with Gasteiger partial charge >= 0.3 is 0 Å². The molecule has 0 aromatic heterocycles. The van der Waals surface area contributed by atoms with Crippen LogP contribution in [0.4, 0.5) is 0 Å². The van der Waals surface area contributed by atoms with Crippen molar-refractivity contribution >= 4 is 6.29 Å². The van der Waals surface area contributed by atoms with Crippen LogP contribution in [0.3, 0.4) is 0 Å². The first-order valence-electron chi connectivity index (χ1n) is 7.70. The largest absolute Gasteiger partial charge is 0.494 e. The van der Waals surface area contributed by atoms with Gasteiger partial charge in [-0.1, -0.05) is 50.5 Å². The van der Waals surface area contributed by atoms with Crippen LogP contribution in [0.5, 0.6) is 5.75 Å². The average Bonchev–Trinajstić information content (AvgIpc) is 2.49. The number of aldehydes is 1. The van der Waals surface area contributed by atoms with Crippen LogP contribution >= 0.6 is 0 Å². The van der Waals surface area contributed by atoms with Gasteiger partial charge in [-0.05, 0) is 37.8 Å². The summed E-state index contributed by atoms with van der Waals surface area (Å²) in [6, 6.07) is 7.28. The molecule has 110 valence electrons. The SMILES string of the molecule is CCCCCCC=CCCCOc1cccc(C=O)c1. The van der Waals surface area contributed by atoms with Gasteiger partial charge in [-0.15, -0.1) is 0 Å². The molecule has 2 nitrogen and oxygen atoms in total. The molecule has 0 fully saturated rings. The van der Waals surface area contributed by atoms with E-state index in [0.717, 1.165) is 24.9 Å². The van der Waals surface area contributed by atoms with Crippen molar-refractivity contribution in [2.24, 2.45) is 0 Å². The van der Waals surface area contributed by atoms with Crippen LogP contribution in [-0.4, -0.2) is 12.9 Å². The predicted octanol–water partition coefficient (Wildman–Crippen LogP) is 5.18. The summed E-state index contributed by atoms with van der Waals surface area (Å²) in [6.45, 7) is 2.93. The third-order valence-electron chi connectivity index (χ3n) is 3.17. The minimum Gasteiger partial charge on any atom is -0.494 e. The second-order valence-corrected chi connectivity index (χ2v) is 5.00. The smallest absolute Gasteiger partial charge is 0.150 e. The Labute approximate surface area is 122 Å². The molecule has 0 saturated carbocycles. The maximum absolute atomic E-state index is 10.6. The lowest BCUT2D eigenvalue weighted by Crippen LogP contribution is -1.96. The summed E-state index contributed by atoms with van der Waals surface area (Å²) in [7, 11) is 0. The van der Waals surface area contributed by atoms with Gasteiger partial charge in [-0.25, -0.2) is 0 Å². The van der Waals surface area contributed by atoms with Gasteiger partial charge in [-0.3, -0.25) is 4.79 Å².